The summed E-state index contributed by atoms with van der Waals surface area (Å²) >= 11 is 0. The fraction of sp³-hybridized carbons (Fsp3) is 0.314. The lowest BCUT2D eigenvalue weighted by Crippen LogP contribution is -2.38. The fourth-order valence-corrected chi connectivity index (χ4v) is 5.83. The number of aromatic nitrogens is 4. The number of nitrogens with two attached hydrogens (primary N) is 1. The second-order valence-electron chi connectivity index (χ2n) is 11.5. The van der Waals surface area contributed by atoms with E-state index in [1.54, 1.807) is 39.0 Å². The summed E-state index contributed by atoms with van der Waals surface area (Å²) in [5.74, 6) is 1.03. The zero-order valence-corrected chi connectivity index (χ0v) is 26.2. The van der Waals surface area contributed by atoms with Gasteiger partial charge in [0.15, 0.2) is 17.3 Å². The average Bonchev–Trinajstić information content (AvgIpc) is 3.69. The minimum atomic E-state index is -1.07. The first-order chi connectivity index (χ1) is 22.2. The number of anilines is 1. The van der Waals surface area contributed by atoms with Crippen LogP contribution < -0.4 is 15.2 Å². The van der Waals surface area contributed by atoms with E-state index in [4.69, 9.17) is 24.7 Å². The molecule has 0 saturated carbocycles. The van der Waals surface area contributed by atoms with Gasteiger partial charge in [0.25, 0.3) is 0 Å². The van der Waals surface area contributed by atoms with E-state index in [-0.39, 0.29) is 36.4 Å². The van der Waals surface area contributed by atoms with Gasteiger partial charge in [0, 0.05) is 12.3 Å². The van der Waals surface area contributed by atoms with Gasteiger partial charge in [-0.1, -0.05) is 68.4 Å². The smallest absolute Gasteiger partial charge is 0.202 e. The topological polar surface area (TPSA) is 144 Å². The summed E-state index contributed by atoms with van der Waals surface area (Å²) in [7, 11) is 3.25. The molecule has 3 aromatic carbocycles. The van der Waals surface area contributed by atoms with Crippen molar-refractivity contribution in [3.63, 3.8) is 0 Å². The normalized spacial score (nSPS) is 18.3. The zero-order chi connectivity index (χ0) is 32.4. The molecular formula is C35H37N5O6. The maximum atomic E-state index is 12.7. The summed E-state index contributed by atoms with van der Waals surface area (Å²) in [5, 5.41) is 11.3. The number of benzene rings is 3. The molecule has 0 unspecified atom stereocenters. The standard InChI is InChI=1S/C35H37N5O6/c1-21(2)31(42)33-38-32(36)30-34(39-33)40(20-37-30)29-18-27(41)28(46-29)19-45-35(22-8-6-5-7-9-22,23-10-14-25(43-3)15-11-23)24-12-16-26(44-4)17-13-24/h5-17,20-21,27-29,41H,18-19H2,1-4H3,(H2,36,38,39)/t27-,28+,29+/m0/s1. The molecule has 0 spiro atoms. The average molecular weight is 624 g/mol. The minimum absolute atomic E-state index is 0.0202. The molecule has 3 heterocycles. The second-order valence-corrected chi connectivity index (χ2v) is 11.5. The quantitative estimate of drug-likeness (QED) is 0.154. The van der Waals surface area contributed by atoms with Gasteiger partial charge >= 0.3 is 0 Å². The molecule has 2 aromatic heterocycles. The van der Waals surface area contributed by atoms with E-state index in [1.165, 1.54) is 0 Å². The van der Waals surface area contributed by atoms with Crippen molar-refractivity contribution >= 4 is 22.8 Å². The highest BCUT2D eigenvalue weighted by Crippen LogP contribution is 2.43. The van der Waals surface area contributed by atoms with Gasteiger partial charge in [-0.05, 0) is 41.0 Å². The van der Waals surface area contributed by atoms with Crippen LogP contribution in [0, 0.1) is 5.92 Å². The van der Waals surface area contributed by atoms with Crippen molar-refractivity contribution in [3.8, 4) is 11.5 Å². The Hall–Kier alpha value is -4.84. The van der Waals surface area contributed by atoms with Crippen LogP contribution in [0.5, 0.6) is 11.5 Å². The number of nitrogen functional groups attached to an aromatic ring is 1. The Bertz CT molecular complexity index is 1760. The number of fused-ring (bicyclic) bond motifs is 1. The van der Waals surface area contributed by atoms with Crippen LogP contribution >= 0.6 is 0 Å². The van der Waals surface area contributed by atoms with Crippen molar-refractivity contribution < 1.29 is 28.8 Å². The van der Waals surface area contributed by atoms with E-state index >= 15 is 0 Å². The summed E-state index contributed by atoms with van der Waals surface area (Å²) < 4.78 is 25.9. The third-order valence-electron chi connectivity index (χ3n) is 8.35. The first-order valence-corrected chi connectivity index (χ1v) is 15.1. The first-order valence-electron chi connectivity index (χ1n) is 15.1. The lowest BCUT2D eigenvalue weighted by molar-refractivity contribution is -0.0931. The number of imidazole rings is 1. The number of carbonyl (C=O) groups excluding carboxylic acids is 1. The Balaban J connectivity index is 1.35. The van der Waals surface area contributed by atoms with Gasteiger partial charge in [-0.3, -0.25) is 9.36 Å². The molecule has 11 heteroatoms. The van der Waals surface area contributed by atoms with Crippen LogP contribution in [-0.4, -0.2) is 63.4 Å². The Kier molecular flexibility index (Phi) is 8.72. The van der Waals surface area contributed by atoms with Crippen LogP contribution in [0.2, 0.25) is 0 Å². The van der Waals surface area contributed by atoms with Crippen LogP contribution in [0.1, 0.15) is 53.8 Å². The molecule has 3 atom stereocenters. The van der Waals surface area contributed by atoms with Crippen LogP contribution in [0.3, 0.4) is 0 Å². The molecule has 0 amide bonds. The van der Waals surface area contributed by atoms with Gasteiger partial charge in [-0.15, -0.1) is 0 Å². The second kappa shape index (κ2) is 12.9. The third-order valence-corrected chi connectivity index (χ3v) is 8.35. The van der Waals surface area contributed by atoms with E-state index in [0.29, 0.717) is 22.7 Å². The number of hydrogen-bond acceptors (Lipinski definition) is 10. The number of aliphatic hydroxyl groups is 1. The highest BCUT2D eigenvalue weighted by atomic mass is 16.6. The number of Topliss-reactive ketones (excluding diaryl/α,β-unsaturated/α-hetero) is 1. The van der Waals surface area contributed by atoms with Crippen LogP contribution in [0.25, 0.3) is 11.2 Å². The third kappa shape index (κ3) is 5.68. The van der Waals surface area contributed by atoms with Crippen molar-refractivity contribution in [2.75, 3.05) is 26.6 Å². The number of carbonyl (C=O) groups is 1. The maximum absolute atomic E-state index is 12.7. The molecule has 0 radical (unpaired) electrons. The summed E-state index contributed by atoms with van der Waals surface area (Å²) in [6.07, 6.45) is -0.391. The Labute approximate surface area is 266 Å². The van der Waals surface area contributed by atoms with Crippen molar-refractivity contribution in [3.05, 3.63) is 108 Å². The van der Waals surface area contributed by atoms with Crippen LogP contribution in [0.15, 0.2) is 85.2 Å². The SMILES string of the molecule is COc1ccc(C(OC[C@H]2O[C@@H](n3cnc4c(N)nc(C(=O)C(C)C)nc43)C[C@@H]2O)(c2ccccc2)c2ccc(OC)cc2)cc1. The van der Waals surface area contributed by atoms with Gasteiger partial charge in [0.1, 0.15) is 34.9 Å². The molecule has 1 aliphatic rings. The lowest BCUT2D eigenvalue weighted by Gasteiger charge is -2.37. The summed E-state index contributed by atoms with van der Waals surface area (Å²) in [6, 6.07) is 25.4. The Morgan fingerprint density at radius 2 is 1.54 bits per heavy atom. The van der Waals surface area contributed by atoms with Gasteiger partial charge in [0.2, 0.25) is 5.78 Å². The lowest BCUT2D eigenvalue weighted by atomic mass is 9.80. The van der Waals surface area contributed by atoms with E-state index in [2.05, 4.69) is 15.0 Å². The van der Waals surface area contributed by atoms with E-state index in [0.717, 1.165) is 16.7 Å². The van der Waals surface area contributed by atoms with Gasteiger partial charge in [0.05, 0.1) is 33.3 Å². The van der Waals surface area contributed by atoms with E-state index < -0.39 is 24.0 Å². The van der Waals surface area contributed by atoms with Crippen molar-refractivity contribution in [2.45, 2.75) is 44.3 Å². The molecule has 0 bridgehead atoms. The molecule has 1 fully saturated rings. The van der Waals surface area contributed by atoms with E-state index in [1.807, 2.05) is 78.9 Å². The van der Waals surface area contributed by atoms with Gasteiger partial charge < -0.3 is 29.8 Å². The number of ether oxygens (including phenoxy) is 4. The number of nitrogens with zero attached hydrogens (tertiary/aromatic N) is 4. The van der Waals surface area contributed by atoms with E-state index in [9.17, 15) is 9.90 Å². The molecule has 238 valence electrons. The van der Waals surface area contributed by atoms with Crippen molar-refractivity contribution in [2.24, 2.45) is 5.92 Å². The summed E-state index contributed by atoms with van der Waals surface area (Å²) in [5.41, 5.74) is 8.43. The van der Waals surface area contributed by atoms with Gasteiger partial charge in [-0.25, -0.2) is 15.0 Å². The maximum Gasteiger partial charge on any atom is 0.202 e. The molecule has 6 rings (SSSR count). The van der Waals surface area contributed by atoms with Crippen LogP contribution in [0.4, 0.5) is 5.82 Å². The number of ketones is 1. The predicted molar refractivity (Wildman–Crippen MR) is 172 cm³/mol. The minimum Gasteiger partial charge on any atom is -0.497 e. The number of aliphatic hydroxyl groups excluding tert-OH is 1. The monoisotopic (exact) mass is 623 g/mol. The molecule has 11 nitrogen and oxygen atoms in total. The highest BCUT2D eigenvalue weighted by Gasteiger charge is 2.42. The predicted octanol–water partition coefficient (Wildman–Crippen LogP) is 4.92. The number of rotatable bonds is 11. The zero-order valence-electron chi connectivity index (χ0n) is 26.2. The summed E-state index contributed by atoms with van der Waals surface area (Å²) in [4.78, 5) is 25.7. The molecule has 46 heavy (non-hydrogen) atoms. The molecule has 0 aliphatic carbocycles. The number of hydrogen-bond donors (Lipinski definition) is 2. The van der Waals surface area contributed by atoms with Gasteiger partial charge in [-0.2, -0.15) is 0 Å². The summed E-state index contributed by atoms with van der Waals surface area (Å²) in [6.45, 7) is 3.60. The molecule has 1 saturated heterocycles. The highest BCUT2D eigenvalue weighted by molar-refractivity contribution is 5.96. The fourth-order valence-electron chi connectivity index (χ4n) is 5.83. The van der Waals surface area contributed by atoms with Crippen molar-refractivity contribution in [1.82, 2.24) is 19.5 Å². The van der Waals surface area contributed by atoms with Crippen LogP contribution in [-0.2, 0) is 15.1 Å². The molecule has 1 aliphatic heterocycles. The Morgan fingerprint density at radius 3 is 2.11 bits per heavy atom. The molecular weight excluding hydrogens is 586 g/mol. The molecule has 3 N–H and O–H groups in total. The van der Waals surface area contributed by atoms with Crippen molar-refractivity contribution in [1.29, 1.82) is 0 Å². The molecule has 5 aromatic rings. The first kappa shape index (κ1) is 31.2. The Morgan fingerprint density at radius 1 is 0.957 bits per heavy atom. The number of methoxy groups -OCH3 is 2. The largest absolute Gasteiger partial charge is 0.497 e.